The highest BCUT2D eigenvalue weighted by Gasteiger charge is 2.05. The fourth-order valence-corrected chi connectivity index (χ4v) is 1.58. The molecule has 0 amide bonds. The highest BCUT2D eigenvalue weighted by atomic mass is 16.5. The molecule has 1 aromatic carbocycles. The molecule has 16 heavy (non-hydrogen) atoms. The van der Waals surface area contributed by atoms with Crippen molar-refractivity contribution in [3.63, 3.8) is 0 Å². The van der Waals surface area contributed by atoms with E-state index in [4.69, 9.17) is 4.74 Å². The van der Waals surface area contributed by atoms with Gasteiger partial charge in [-0.25, -0.2) is 0 Å². The summed E-state index contributed by atoms with van der Waals surface area (Å²) in [5.74, 6) is 1.03. The lowest BCUT2D eigenvalue weighted by molar-refractivity contribution is 0.258. The Bertz CT molecular complexity index is 324. The zero-order valence-corrected chi connectivity index (χ0v) is 10.7. The van der Waals surface area contributed by atoms with Crippen LogP contribution in [0.15, 0.2) is 18.2 Å². The standard InChI is InChI=1S/C13H22N2O/c1-11-6-5-7-12(10-14-2)13(11)16-9-8-15(3)4/h5-7,14H,8-10H2,1-4H3. The molecule has 0 spiro atoms. The molecule has 0 radical (unpaired) electrons. The highest BCUT2D eigenvalue weighted by Crippen LogP contribution is 2.23. The van der Waals surface area contributed by atoms with Crippen LogP contribution in [0.3, 0.4) is 0 Å². The van der Waals surface area contributed by atoms with Gasteiger partial charge in [0.05, 0.1) is 0 Å². The van der Waals surface area contributed by atoms with Crippen LogP contribution in [0.5, 0.6) is 5.75 Å². The van der Waals surface area contributed by atoms with Gasteiger partial charge in [0.25, 0.3) is 0 Å². The average molecular weight is 222 g/mol. The minimum Gasteiger partial charge on any atom is -0.492 e. The Morgan fingerprint density at radius 2 is 2.06 bits per heavy atom. The van der Waals surface area contributed by atoms with Crippen LogP contribution < -0.4 is 10.1 Å². The summed E-state index contributed by atoms with van der Waals surface area (Å²) in [5, 5.41) is 3.16. The summed E-state index contributed by atoms with van der Waals surface area (Å²) in [6, 6.07) is 6.26. The lowest BCUT2D eigenvalue weighted by Gasteiger charge is -2.16. The quantitative estimate of drug-likeness (QED) is 0.792. The number of benzene rings is 1. The number of ether oxygens (including phenoxy) is 1. The highest BCUT2D eigenvalue weighted by molar-refractivity contribution is 5.40. The lowest BCUT2D eigenvalue weighted by Crippen LogP contribution is -2.20. The van der Waals surface area contributed by atoms with E-state index in [0.717, 1.165) is 25.4 Å². The molecule has 0 unspecified atom stereocenters. The van der Waals surface area contributed by atoms with Crippen molar-refractivity contribution in [2.45, 2.75) is 13.5 Å². The van der Waals surface area contributed by atoms with Crippen molar-refractivity contribution in [3.8, 4) is 5.75 Å². The number of rotatable bonds is 6. The Labute approximate surface area is 98.4 Å². The van der Waals surface area contributed by atoms with Gasteiger partial charge in [-0.15, -0.1) is 0 Å². The first-order valence-corrected chi connectivity index (χ1v) is 5.65. The van der Waals surface area contributed by atoms with Gasteiger partial charge in [-0.3, -0.25) is 0 Å². The molecule has 1 aromatic rings. The van der Waals surface area contributed by atoms with Crippen LogP contribution in [0, 0.1) is 6.92 Å². The maximum atomic E-state index is 5.85. The topological polar surface area (TPSA) is 24.5 Å². The summed E-state index contributed by atoms with van der Waals surface area (Å²) in [7, 11) is 6.05. The Hall–Kier alpha value is -1.06. The largest absolute Gasteiger partial charge is 0.492 e. The molecular formula is C13H22N2O. The first-order valence-electron chi connectivity index (χ1n) is 5.65. The lowest BCUT2D eigenvalue weighted by atomic mass is 10.1. The molecule has 0 aromatic heterocycles. The fourth-order valence-electron chi connectivity index (χ4n) is 1.58. The van der Waals surface area contributed by atoms with E-state index in [1.54, 1.807) is 0 Å². The molecule has 0 aliphatic heterocycles. The van der Waals surface area contributed by atoms with E-state index in [0.29, 0.717) is 0 Å². The summed E-state index contributed by atoms with van der Waals surface area (Å²) < 4.78 is 5.85. The van der Waals surface area contributed by atoms with Gasteiger partial charge in [-0.1, -0.05) is 18.2 Å². The average Bonchev–Trinajstić information content (AvgIpc) is 2.22. The SMILES string of the molecule is CNCc1cccc(C)c1OCCN(C)C. The number of likely N-dealkylation sites (N-methyl/N-ethyl adjacent to an activating group) is 1. The first kappa shape index (κ1) is 13.0. The predicted molar refractivity (Wildman–Crippen MR) is 68.0 cm³/mol. The second-order valence-corrected chi connectivity index (χ2v) is 4.25. The van der Waals surface area contributed by atoms with E-state index in [-0.39, 0.29) is 0 Å². The second kappa shape index (κ2) is 6.51. The van der Waals surface area contributed by atoms with Gasteiger partial charge in [0.1, 0.15) is 12.4 Å². The third-order valence-corrected chi connectivity index (χ3v) is 2.45. The van der Waals surface area contributed by atoms with Crippen molar-refractivity contribution in [1.82, 2.24) is 10.2 Å². The Morgan fingerprint density at radius 3 is 2.69 bits per heavy atom. The molecule has 1 N–H and O–H groups in total. The van der Waals surface area contributed by atoms with E-state index in [2.05, 4.69) is 49.4 Å². The van der Waals surface area contributed by atoms with Gasteiger partial charge in [-0.2, -0.15) is 0 Å². The zero-order valence-electron chi connectivity index (χ0n) is 10.7. The van der Waals surface area contributed by atoms with Gasteiger partial charge >= 0.3 is 0 Å². The summed E-state index contributed by atoms with van der Waals surface area (Å²) in [6.45, 7) is 4.60. The van der Waals surface area contributed by atoms with Crippen molar-refractivity contribution in [2.24, 2.45) is 0 Å². The third-order valence-electron chi connectivity index (χ3n) is 2.45. The van der Waals surface area contributed by atoms with Gasteiger partial charge in [0.15, 0.2) is 0 Å². The molecule has 0 fully saturated rings. The predicted octanol–water partition coefficient (Wildman–Crippen LogP) is 1.65. The molecule has 3 heteroatoms. The van der Waals surface area contributed by atoms with Crippen molar-refractivity contribution >= 4 is 0 Å². The number of hydrogen-bond acceptors (Lipinski definition) is 3. The monoisotopic (exact) mass is 222 g/mol. The Morgan fingerprint density at radius 1 is 1.31 bits per heavy atom. The van der Waals surface area contributed by atoms with Crippen LogP contribution in [0.1, 0.15) is 11.1 Å². The van der Waals surface area contributed by atoms with Gasteiger partial charge in [0, 0.05) is 18.7 Å². The van der Waals surface area contributed by atoms with Crippen molar-refractivity contribution < 1.29 is 4.74 Å². The van der Waals surface area contributed by atoms with E-state index in [1.807, 2.05) is 7.05 Å². The van der Waals surface area contributed by atoms with E-state index >= 15 is 0 Å². The molecular weight excluding hydrogens is 200 g/mol. The number of aryl methyl sites for hydroxylation is 1. The number of nitrogens with zero attached hydrogens (tertiary/aromatic N) is 1. The molecule has 0 aliphatic rings. The van der Waals surface area contributed by atoms with Crippen LogP contribution in [0.25, 0.3) is 0 Å². The van der Waals surface area contributed by atoms with E-state index in [1.165, 1.54) is 11.1 Å². The summed E-state index contributed by atoms with van der Waals surface area (Å²) in [5.41, 5.74) is 2.42. The fraction of sp³-hybridized carbons (Fsp3) is 0.538. The Balaban J connectivity index is 2.68. The maximum Gasteiger partial charge on any atom is 0.126 e. The second-order valence-electron chi connectivity index (χ2n) is 4.25. The molecule has 3 nitrogen and oxygen atoms in total. The first-order chi connectivity index (χ1) is 7.65. The molecule has 0 atom stereocenters. The van der Waals surface area contributed by atoms with Gasteiger partial charge < -0.3 is 15.0 Å². The number of para-hydroxylation sites is 1. The van der Waals surface area contributed by atoms with Crippen LogP contribution in [-0.2, 0) is 6.54 Å². The maximum absolute atomic E-state index is 5.85. The van der Waals surface area contributed by atoms with E-state index < -0.39 is 0 Å². The zero-order chi connectivity index (χ0) is 12.0. The van der Waals surface area contributed by atoms with Crippen LogP contribution in [0.4, 0.5) is 0 Å². The van der Waals surface area contributed by atoms with Crippen molar-refractivity contribution in [1.29, 1.82) is 0 Å². The van der Waals surface area contributed by atoms with Gasteiger partial charge in [-0.05, 0) is 33.6 Å². The molecule has 1 rings (SSSR count). The molecule has 0 aliphatic carbocycles. The summed E-state index contributed by atoms with van der Waals surface area (Å²) >= 11 is 0. The molecule has 0 bridgehead atoms. The van der Waals surface area contributed by atoms with Crippen LogP contribution >= 0.6 is 0 Å². The molecule has 90 valence electrons. The normalized spacial score (nSPS) is 10.8. The summed E-state index contributed by atoms with van der Waals surface area (Å²) in [4.78, 5) is 2.12. The molecule has 0 saturated carbocycles. The number of hydrogen-bond donors (Lipinski definition) is 1. The summed E-state index contributed by atoms with van der Waals surface area (Å²) in [6.07, 6.45) is 0. The minimum absolute atomic E-state index is 0.731. The molecule has 0 heterocycles. The minimum atomic E-state index is 0.731. The van der Waals surface area contributed by atoms with Crippen LogP contribution in [0.2, 0.25) is 0 Å². The smallest absolute Gasteiger partial charge is 0.126 e. The van der Waals surface area contributed by atoms with Gasteiger partial charge in [0.2, 0.25) is 0 Å². The van der Waals surface area contributed by atoms with Crippen molar-refractivity contribution in [3.05, 3.63) is 29.3 Å². The number of nitrogens with one attached hydrogen (secondary N) is 1. The van der Waals surface area contributed by atoms with E-state index in [9.17, 15) is 0 Å². The van der Waals surface area contributed by atoms with Crippen LogP contribution in [-0.4, -0.2) is 39.2 Å². The molecule has 0 saturated heterocycles. The Kier molecular flexibility index (Phi) is 5.29. The third kappa shape index (κ3) is 3.83. The van der Waals surface area contributed by atoms with Crippen molar-refractivity contribution in [2.75, 3.05) is 34.3 Å².